The van der Waals surface area contributed by atoms with Crippen LogP contribution < -0.4 is 54.4 Å². The van der Waals surface area contributed by atoms with Crippen molar-refractivity contribution in [1.82, 2.24) is 5.32 Å². The molecule has 2 aromatic rings. The first-order valence-corrected chi connectivity index (χ1v) is 9.33. The van der Waals surface area contributed by atoms with Gasteiger partial charge in [0.05, 0.1) is 0 Å². The van der Waals surface area contributed by atoms with Crippen molar-refractivity contribution >= 4 is 15.9 Å². The van der Waals surface area contributed by atoms with Gasteiger partial charge in [0.15, 0.2) is 0 Å². The van der Waals surface area contributed by atoms with Crippen LogP contribution in [0, 0.1) is 41.5 Å². The number of benzene rings is 2. The Morgan fingerprint density at radius 2 is 1.26 bits per heavy atom. The number of hydrogen-bond acceptors (Lipinski definition) is 3. The van der Waals surface area contributed by atoms with Gasteiger partial charge >= 0.3 is 148 Å². The zero-order valence-corrected chi connectivity index (χ0v) is 21.2. The fourth-order valence-corrected chi connectivity index (χ4v) is 3.60. The molecule has 0 radical (unpaired) electrons. The zero-order chi connectivity index (χ0) is 18.6. The van der Waals surface area contributed by atoms with Crippen LogP contribution >= 0.6 is 0 Å². The maximum absolute atomic E-state index is 4.66. The van der Waals surface area contributed by atoms with Crippen LogP contribution in [0.4, 0.5) is 11.4 Å². The van der Waals surface area contributed by atoms with Gasteiger partial charge in [0.25, 0.3) is 0 Å². The van der Waals surface area contributed by atoms with E-state index in [2.05, 4.69) is 91.4 Å². The van der Waals surface area contributed by atoms with E-state index in [0.717, 1.165) is 24.3 Å². The van der Waals surface area contributed by atoms with E-state index < -0.39 is 0 Å². The van der Waals surface area contributed by atoms with Gasteiger partial charge in [0, 0.05) is 0 Å². The second-order valence-electron chi connectivity index (χ2n) is 6.86. The Hall–Kier alpha value is -0.534. The predicted octanol–water partition coefficient (Wildman–Crippen LogP) is -2.21. The summed E-state index contributed by atoms with van der Waals surface area (Å²) in [6.45, 7) is 15.4. The van der Waals surface area contributed by atoms with Crippen LogP contribution in [0.25, 0.3) is 0 Å². The molecule has 0 heterocycles. The normalized spacial score (nSPS) is 10.0. The zero-order valence-electron chi connectivity index (χ0n) is 16.9. The van der Waals surface area contributed by atoms with Crippen molar-refractivity contribution in [3.8, 4) is 0 Å². The maximum atomic E-state index is 4.66. The summed E-state index contributed by atoms with van der Waals surface area (Å²) in [5.41, 5.74) is 10.1. The molecule has 6 heteroatoms. The molecule has 0 saturated heterocycles. The summed E-state index contributed by atoms with van der Waals surface area (Å²) in [7, 11) is 0. The van der Waals surface area contributed by atoms with Gasteiger partial charge in [-0.05, 0) is 6.92 Å². The van der Waals surface area contributed by atoms with Gasteiger partial charge in [-0.15, -0.1) is 0 Å². The number of halogens is 2. The van der Waals surface area contributed by atoms with E-state index in [1.807, 2.05) is 0 Å². The van der Waals surface area contributed by atoms with Crippen LogP contribution in [0.5, 0.6) is 0 Å². The van der Waals surface area contributed by atoms with Crippen molar-refractivity contribution in [1.29, 1.82) is 0 Å². The molecule has 0 bridgehead atoms. The molecule has 0 unspecified atom stereocenters. The van der Waals surface area contributed by atoms with Gasteiger partial charge in [0.2, 0.25) is 0 Å². The van der Waals surface area contributed by atoms with Gasteiger partial charge in [-0.25, -0.2) is 0 Å². The molecule has 0 atom stereocenters. The Balaban J connectivity index is 0.00000338. The third-order valence-electron chi connectivity index (χ3n) is 4.51. The molecule has 0 amide bonds. The summed E-state index contributed by atoms with van der Waals surface area (Å²) in [4.78, 5) is 0. The van der Waals surface area contributed by atoms with Gasteiger partial charge in [-0.3, -0.25) is 0 Å². The Morgan fingerprint density at radius 3 is 1.85 bits per heavy atom. The molecule has 0 fully saturated rings. The van der Waals surface area contributed by atoms with Crippen molar-refractivity contribution in [2.75, 3.05) is 30.4 Å². The molecular formula is C21H30Br2CoN3. The minimum Gasteiger partial charge on any atom is -1.00 e. The molecule has 0 aliphatic carbocycles. The van der Waals surface area contributed by atoms with E-state index in [9.17, 15) is 0 Å². The summed E-state index contributed by atoms with van der Waals surface area (Å²) in [6.07, 6.45) is 0. The molecular weight excluding hydrogens is 513 g/mol. The first-order valence-electron chi connectivity index (χ1n) is 8.81. The number of anilines is 2. The minimum absolute atomic E-state index is 0. The predicted molar refractivity (Wildman–Crippen MR) is 106 cm³/mol. The number of hydrogen-bond donors (Lipinski definition) is 3. The summed E-state index contributed by atoms with van der Waals surface area (Å²) in [5.74, 6) is 0. The summed E-state index contributed by atoms with van der Waals surface area (Å²) < 4.78 is 1.06. The average Bonchev–Trinajstić information content (AvgIpc) is 2.53. The first-order chi connectivity index (χ1) is 11.8. The van der Waals surface area contributed by atoms with Gasteiger partial charge in [0.1, 0.15) is 0 Å². The van der Waals surface area contributed by atoms with Gasteiger partial charge in [-0.1, -0.05) is 5.56 Å². The molecule has 3 nitrogen and oxygen atoms in total. The van der Waals surface area contributed by atoms with Crippen molar-refractivity contribution in [3.05, 3.63) is 51.6 Å². The van der Waals surface area contributed by atoms with E-state index >= 15 is 0 Å². The van der Waals surface area contributed by atoms with Gasteiger partial charge < -0.3 is 34.0 Å². The van der Waals surface area contributed by atoms with Crippen LogP contribution in [-0.2, 0) is 15.7 Å². The Bertz CT molecular complexity index is 741. The van der Waals surface area contributed by atoms with Crippen molar-refractivity contribution < 1.29 is 49.7 Å². The molecule has 0 spiro atoms. The fourth-order valence-electron chi connectivity index (χ4n) is 3.40. The van der Waals surface area contributed by atoms with E-state index in [4.69, 9.17) is 0 Å². The van der Waals surface area contributed by atoms with E-state index in [1.54, 1.807) is 0 Å². The fraction of sp³-hybridized carbons (Fsp3) is 0.429. The SMILES string of the molecule is Cc1cc(C)c(NCCNCNc2c(C)cc(C)[c]([Co+2])c2C)c(C)c1.[Br-].[Br-]. The Kier molecular flexibility index (Phi) is 11.9. The molecule has 152 valence electrons. The molecule has 27 heavy (non-hydrogen) atoms. The average molecular weight is 543 g/mol. The molecule has 0 aromatic heterocycles. The van der Waals surface area contributed by atoms with Gasteiger partial charge in [-0.2, -0.15) is 0 Å². The third-order valence-corrected chi connectivity index (χ3v) is 5.32. The van der Waals surface area contributed by atoms with E-state index in [0.29, 0.717) is 0 Å². The van der Waals surface area contributed by atoms with E-state index in [-0.39, 0.29) is 34.0 Å². The van der Waals surface area contributed by atoms with Crippen LogP contribution in [-0.4, -0.2) is 19.8 Å². The molecule has 2 rings (SSSR count). The molecule has 0 saturated carbocycles. The quantitative estimate of drug-likeness (QED) is 0.274. The molecule has 3 N–H and O–H groups in total. The van der Waals surface area contributed by atoms with Crippen LogP contribution in [0.3, 0.4) is 0 Å². The second kappa shape index (κ2) is 12.1. The number of rotatable bonds is 7. The summed E-state index contributed by atoms with van der Waals surface area (Å²) in [6, 6.07) is 6.63. The van der Waals surface area contributed by atoms with Crippen LogP contribution in [0.2, 0.25) is 0 Å². The third kappa shape index (κ3) is 7.09. The topological polar surface area (TPSA) is 36.1 Å². The molecule has 0 aliphatic heterocycles. The smallest absolute Gasteiger partial charge is 1.00 e. The van der Waals surface area contributed by atoms with Crippen molar-refractivity contribution in [2.24, 2.45) is 0 Å². The standard InChI is InChI=1S/C21H30N3.2BrH.Co/c1-14-9-16(3)20(17(4)10-14)23-8-7-22-13-24-21-18(5)11-15(2)12-19(21)6;;;/h9-11,22-24H,7-8,13H2,1-6H3;2*1H;/q;;;+2/p-2. The minimum atomic E-state index is 0. The summed E-state index contributed by atoms with van der Waals surface area (Å²) in [5, 5.41) is 10.5. The molecule has 2 aromatic carbocycles. The van der Waals surface area contributed by atoms with Crippen LogP contribution in [0.1, 0.15) is 33.4 Å². The second-order valence-corrected chi connectivity index (χ2v) is 7.38. The Morgan fingerprint density at radius 1 is 0.704 bits per heavy atom. The summed E-state index contributed by atoms with van der Waals surface area (Å²) >= 11 is 4.66. The van der Waals surface area contributed by atoms with E-state index in [1.165, 1.54) is 44.8 Å². The van der Waals surface area contributed by atoms with Crippen LogP contribution in [0.15, 0.2) is 18.2 Å². The molecule has 0 aliphatic rings. The monoisotopic (exact) mass is 541 g/mol. The number of aryl methyl sites for hydroxylation is 5. The van der Waals surface area contributed by atoms with Crippen molar-refractivity contribution in [2.45, 2.75) is 41.5 Å². The number of nitrogens with one attached hydrogen (secondary N) is 3. The van der Waals surface area contributed by atoms with Crippen molar-refractivity contribution in [3.63, 3.8) is 0 Å². The Labute approximate surface area is 193 Å². The first kappa shape index (κ1) is 26.5.